The number of hydrogen-bond donors (Lipinski definition) is 4. The van der Waals surface area contributed by atoms with E-state index in [0.717, 1.165) is 13.1 Å². The van der Waals surface area contributed by atoms with Gasteiger partial charge in [-0.15, -0.1) is 0 Å². The Kier molecular flexibility index (Phi) is 1.58. The normalized spacial score (nSPS) is 46.3. The van der Waals surface area contributed by atoms with Gasteiger partial charge in [0.15, 0.2) is 5.11 Å². The summed E-state index contributed by atoms with van der Waals surface area (Å²) >= 11 is 5.08. The molecule has 4 nitrogen and oxygen atoms in total. The van der Waals surface area contributed by atoms with Crippen molar-refractivity contribution in [3.8, 4) is 0 Å². The first kappa shape index (κ1) is 8.22. The van der Waals surface area contributed by atoms with Crippen LogP contribution in [0.4, 0.5) is 0 Å². The van der Waals surface area contributed by atoms with Gasteiger partial charge in [-0.25, -0.2) is 0 Å². The number of nitrogens with one attached hydrogen (secondary N) is 4. The van der Waals surface area contributed by atoms with Gasteiger partial charge in [0, 0.05) is 13.1 Å². The molecule has 2 saturated heterocycles. The Bertz CT molecular complexity index is 209. The third-order valence-electron chi connectivity index (χ3n) is 2.81. The van der Waals surface area contributed by atoms with Gasteiger partial charge < -0.3 is 10.6 Å². The van der Waals surface area contributed by atoms with E-state index in [4.69, 9.17) is 12.2 Å². The summed E-state index contributed by atoms with van der Waals surface area (Å²) in [4.78, 5) is 0. The maximum Gasteiger partial charge on any atom is 0.169 e. The maximum absolute atomic E-state index is 5.08. The molecular weight excluding hydrogens is 172 g/mol. The molecule has 0 bridgehead atoms. The minimum Gasteiger partial charge on any atom is -0.342 e. The molecule has 0 aromatic carbocycles. The molecule has 5 heteroatoms. The molecule has 2 fully saturated rings. The first-order chi connectivity index (χ1) is 5.56. The van der Waals surface area contributed by atoms with E-state index in [2.05, 4.69) is 35.1 Å². The molecule has 68 valence electrons. The Hall–Kier alpha value is -0.390. The third-order valence-corrected chi connectivity index (χ3v) is 3.01. The molecule has 0 aliphatic carbocycles. The van der Waals surface area contributed by atoms with Gasteiger partial charge in [-0.3, -0.25) is 10.6 Å². The van der Waals surface area contributed by atoms with Crippen molar-refractivity contribution in [3.63, 3.8) is 0 Å². The van der Waals surface area contributed by atoms with Crippen LogP contribution in [0.5, 0.6) is 0 Å². The summed E-state index contributed by atoms with van der Waals surface area (Å²) in [6.07, 6.45) is 0. The molecule has 2 rings (SSSR count). The number of fused-ring (bicyclic) bond motifs is 1. The Morgan fingerprint density at radius 3 is 1.92 bits per heavy atom. The van der Waals surface area contributed by atoms with E-state index >= 15 is 0 Å². The van der Waals surface area contributed by atoms with Gasteiger partial charge in [0.05, 0.1) is 0 Å². The molecule has 12 heavy (non-hydrogen) atoms. The van der Waals surface area contributed by atoms with E-state index in [1.807, 2.05) is 0 Å². The highest BCUT2D eigenvalue weighted by Crippen LogP contribution is 2.23. The Morgan fingerprint density at radius 1 is 1.08 bits per heavy atom. The standard InChI is InChI=1S/C7H14N4S/c1-6-7(2,9-4-3-8-6)11-5(12)10-6/h8-9H,3-4H2,1-2H3,(H2,10,11,12)/t6-,7+. The van der Waals surface area contributed by atoms with E-state index in [0.29, 0.717) is 5.11 Å². The SMILES string of the molecule is C[C@@]12NCCN[C@]1(C)NC(=S)N2. The zero-order valence-electron chi connectivity index (χ0n) is 7.32. The van der Waals surface area contributed by atoms with Crippen LogP contribution in [0.25, 0.3) is 0 Å². The number of hydrogen-bond acceptors (Lipinski definition) is 3. The number of piperazine rings is 1. The van der Waals surface area contributed by atoms with E-state index < -0.39 is 0 Å². The van der Waals surface area contributed by atoms with Crippen molar-refractivity contribution < 1.29 is 0 Å². The topological polar surface area (TPSA) is 48.1 Å². The van der Waals surface area contributed by atoms with E-state index in [1.165, 1.54) is 0 Å². The maximum atomic E-state index is 5.08. The number of thiocarbonyl (C=S) groups is 1. The van der Waals surface area contributed by atoms with Crippen LogP contribution in [-0.2, 0) is 0 Å². The molecule has 2 aliphatic rings. The lowest BCUT2D eigenvalue weighted by molar-refractivity contribution is 0.126. The first-order valence-electron chi connectivity index (χ1n) is 4.16. The molecule has 0 spiro atoms. The molecule has 0 amide bonds. The molecular formula is C7H14N4S. The lowest BCUT2D eigenvalue weighted by Crippen LogP contribution is -2.75. The lowest BCUT2D eigenvalue weighted by Gasteiger charge is -2.44. The molecule has 4 N–H and O–H groups in total. The fourth-order valence-electron chi connectivity index (χ4n) is 1.80. The summed E-state index contributed by atoms with van der Waals surface area (Å²) < 4.78 is 0. The summed E-state index contributed by atoms with van der Waals surface area (Å²) in [6, 6.07) is 0. The lowest BCUT2D eigenvalue weighted by atomic mass is 9.96. The van der Waals surface area contributed by atoms with Crippen molar-refractivity contribution in [1.29, 1.82) is 0 Å². The fourth-order valence-corrected chi connectivity index (χ4v) is 2.21. The molecule has 0 aromatic heterocycles. The molecule has 2 heterocycles. The molecule has 0 radical (unpaired) electrons. The average Bonchev–Trinajstić information content (AvgIpc) is 2.18. The van der Waals surface area contributed by atoms with Gasteiger partial charge in [-0.2, -0.15) is 0 Å². The highest BCUT2D eigenvalue weighted by atomic mass is 32.1. The second-order valence-electron chi connectivity index (χ2n) is 3.68. The van der Waals surface area contributed by atoms with Gasteiger partial charge in [-0.1, -0.05) is 0 Å². The monoisotopic (exact) mass is 186 g/mol. The second-order valence-corrected chi connectivity index (χ2v) is 4.09. The van der Waals surface area contributed by atoms with Gasteiger partial charge in [0.2, 0.25) is 0 Å². The van der Waals surface area contributed by atoms with Crippen LogP contribution < -0.4 is 21.3 Å². The van der Waals surface area contributed by atoms with Crippen LogP contribution in [0, 0.1) is 0 Å². The van der Waals surface area contributed by atoms with Crippen molar-refractivity contribution >= 4 is 17.3 Å². The van der Waals surface area contributed by atoms with Gasteiger partial charge in [0.1, 0.15) is 11.3 Å². The van der Waals surface area contributed by atoms with Gasteiger partial charge >= 0.3 is 0 Å². The highest BCUT2D eigenvalue weighted by molar-refractivity contribution is 7.80. The summed E-state index contributed by atoms with van der Waals surface area (Å²) in [5.41, 5.74) is -0.329. The number of rotatable bonds is 0. The fraction of sp³-hybridized carbons (Fsp3) is 0.857. The zero-order chi connectivity index (χ0) is 8.82. The molecule has 0 aromatic rings. The largest absolute Gasteiger partial charge is 0.342 e. The van der Waals surface area contributed by atoms with Crippen LogP contribution in [0.1, 0.15) is 13.8 Å². The Balaban J connectivity index is 2.30. The Morgan fingerprint density at radius 2 is 1.50 bits per heavy atom. The third kappa shape index (κ3) is 0.935. The van der Waals surface area contributed by atoms with Crippen LogP contribution in [0.2, 0.25) is 0 Å². The summed E-state index contributed by atoms with van der Waals surface area (Å²) in [5, 5.41) is 14.0. The average molecular weight is 186 g/mol. The minimum absolute atomic E-state index is 0.164. The van der Waals surface area contributed by atoms with Crippen molar-refractivity contribution in [2.75, 3.05) is 13.1 Å². The minimum atomic E-state index is -0.164. The van der Waals surface area contributed by atoms with Crippen LogP contribution in [-0.4, -0.2) is 29.5 Å². The van der Waals surface area contributed by atoms with E-state index in [-0.39, 0.29) is 11.3 Å². The van der Waals surface area contributed by atoms with Crippen molar-refractivity contribution in [2.45, 2.75) is 25.2 Å². The predicted molar refractivity (Wildman–Crippen MR) is 51.7 cm³/mol. The van der Waals surface area contributed by atoms with E-state index in [9.17, 15) is 0 Å². The van der Waals surface area contributed by atoms with Crippen molar-refractivity contribution in [3.05, 3.63) is 0 Å². The quantitative estimate of drug-likeness (QED) is 0.369. The van der Waals surface area contributed by atoms with E-state index in [1.54, 1.807) is 0 Å². The molecule has 0 saturated carbocycles. The smallest absolute Gasteiger partial charge is 0.169 e. The van der Waals surface area contributed by atoms with Crippen molar-refractivity contribution in [1.82, 2.24) is 21.3 Å². The zero-order valence-corrected chi connectivity index (χ0v) is 8.14. The first-order valence-corrected chi connectivity index (χ1v) is 4.57. The van der Waals surface area contributed by atoms with Crippen LogP contribution in [0.3, 0.4) is 0 Å². The van der Waals surface area contributed by atoms with Crippen LogP contribution in [0.15, 0.2) is 0 Å². The highest BCUT2D eigenvalue weighted by Gasteiger charge is 2.52. The van der Waals surface area contributed by atoms with Gasteiger partial charge in [-0.05, 0) is 26.1 Å². The summed E-state index contributed by atoms with van der Waals surface area (Å²) in [7, 11) is 0. The molecule has 2 aliphatic heterocycles. The summed E-state index contributed by atoms with van der Waals surface area (Å²) in [5.74, 6) is 0. The molecule has 0 unspecified atom stereocenters. The second kappa shape index (κ2) is 2.31. The molecule has 2 atom stereocenters. The summed E-state index contributed by atoms with van der Waals surface area (Å²) in [6.45, 7) is 6.13. The van der Waals surface area contributed by atoms with Crippen LogP contribution >= 0.6 is 12.2 Å². The predicted octanol–water partition coefficient (Wildman–Crippen LogP) is -0.911. The Labute approximate surface area is 77.5 Å². The van der Waals surface area contributed by atoms with Crippen molar-refractivity contribution in [2.24, 2.45) is 0 Å². The van der Waals surface area contributed by atoms with Gasteiger partial charge in [0.25, 0.3) is 0 Å².